The smallest absolute Gasteiger partial charge is 0.418 e. The van der Waals surface area contributed by atoms with Crippen molar-refractivity contribution in [1.29, 1.82) is 0 Å². The molecule has 0 aromatic heterocycles. The largest absolute Gasteiger partial charge is 0.495 e. The third kappa shape index (κ3) is 3.60. The molecule has 112 valence electrons. The Bertz CT molecular complexity index is 659. The first kappa shape index (κ1) is 15.5. The number of benzene rings is 2. The van der Waals surface area contributed by atoms with E-state index in [9.17, 15) is 13.2 Å². The Morgan fingerprint density at radius 1 is 1.10 bits per heavy atom. The molecule has 0 radical (unpaired) electrons. The second kappa shape index (κ2) is 5.85. The summed E-state index contributed by atoms with van der Waals surface area (Å²) >= 11 is 3.31. The van der Waals surface area contributed by atoms with Crippen molar-refractivity contribution >= 4 is 33.0 Å². The second-order valence-corrected chi connectivity index (χ2v) is 5.13. The molecular formula is C14H12BrF3N2O. The fraction of sp³-hybridized carbons (Fsp3) is 0.143. The second-order valence-electron chi connectivity index (χ2n) is 4.27. The van der Waals surface area contributed by atoms with Crippen molar-refractivity contribution in [3.63, 3.8) is 0 Å². The van der Waals surface area contributed by atoms with Crippen molar-refractivity contribution in [2.45, 2.75) is 6.18 Å². The summed E-state index contributed by atoms with van der Waals surface area (Å²) in [5.41, 5.74) is 5.09. The van der Waals surface area contributed by atoms with Crippen LogP contribution in [0.1, 0.15) is 5.56 Å². The van der Waals surface area contributed by atoms with Crippen molar-refractivity contribution < 1.29 is 17.9 Å². The van der Waals surface area contributed by atoms with Gasteiger partial charge in [0, 0.05) is 23.1 Å². The van der Waals surface area contributed by atoms with Crippen LogP contribution in [-0.2, 0) is 6.18 Å². The molecule has 0 heterocycles. The lowest BCUT2D eigenvalue weighted by atomic mass is 10.1. The number of methoxy groups -OCH3 is 1. The maximum atomic E-state index is 12.8. The predicted molar refractivity (Wildman–Crippen MR) is 79.8 cm³/mol. The quantitative estimate of drug-likeness (QED) is 0.772. The molecule has 0 fully saturated rings. The van der Waals surface area contributed by atoms with Gasteiger partial charge in [0.05, 0.1) is 17.1 Å². The van der Waals surface area contributed by atoms with E-state index in [1.165, 1.54) is 19.2 Å². The van der Waals surface area contributed by atoms with Crippen molar-refractivity contribution in [3.8, 4) is 5.75 Å². The summed E-state index contributed by atoms with van der Waals surface area (Å²) in [6.07, 6.45) is -4.49. The van der Waals surface area contributed by atoms with Gasteiger partial charge < -0.3 is 15.8 Å². The van der Waals surface area contributed by atoms with E-state index in [1.54, 1.807) is 18.2 Å². The highest BCUT2D eigenvalue weighted by atomic mass is 79.9. The summed E-state index contributed by atoms with van der Waals surface area (Å²) in [5.74, 6) is 0.575. The Balaban J connectivity index is 2.32. The SMILES string of the molecule is COc1cc(Nc2ccc(N)c(C(F)(F)F)c2)ccc1Br. The molecule has 0 atom stereocenters. The number of anilines is 3. The van der Waals surface area contributed by atoms with Crippen LogP contribution in [0.25, 0.3) is 0 Å². The molecule has 21 heavy (non-hydrogen) atoms. The van der Waals surface area contributed by atoms with Gasteiger partial charge in [-0.2, -0.15) is 13.2 Å². The van der Waals surface area contributed by atoms with Gasteiger partial charge in [0.2, 0.25) is 0 Å². The molecule has 0 aliphatic carbocycles. The molecule has 0 unspecified atom stereocenters. The molecule has 3 nitrogen and oxygen atoms in total. The van der Waals surface area contributed by atoms with Gasteiger partial charge in [-0.05, 0) is 46.3 Å². The summed E-state index contributed by atoms with van der Waals surface area (Å²) in [7, 11) is 1.51. The number of ether oxygens (including phenoxy) is 1. The van der Waals surface area contributed by atoms with Crippen LogP contribution in [0.15, 0.2) is 40.9 Å². The van der Waals surface area contributed by atoms with E-state index in [4.69, 9.17) is 10.5 Å². The monoisotopic (exact) mass is 360 g/mol. The molecule has 2 aromatic carbocycles. The first-order chi connectivity index (χ1) is 9.81. The van der Waals surface area contributed by atoms with Gasteiger partial charge in [-0.3, -0.25) is 0 Å². The van der Waals surface area contributed by atoms with E-state index in [0.717, 1.165) is 10.5 Å². The maximum absolute atomic E-state index is 12.8. The fourth-order valence-corrected chi connectivity index (χ4v) is 2.19. The van der Waals surface area contributed by atoms with Crippen LogP contribution in [0.4, 0.5) is 30.2 Å². The average molecular weight is 361 g/mol. The number of nitrogens with one attached hydrogen (secondary N) is 1. The molecule has 0 aliphatic rings. The van der Waals surface area contributed by atoms with E-state index in [2.05, 4.69) is 21.2 Å². The number of rotatable bonds is 3. The zero-order valence-electron chi connectivity index (χ0n) is 11.0. The molecule has 2 rings (SSSR count). The van der Waals surface area contributed by atoms with Crippen LogP contribution in [0.3, 0.4) is 0 Å². The van der Waals surface area contributed by atoms with E-state index in [0.29, 0.717) is 17.1 Å². The van der Waals surface area contributed by atoms with Gasteiger partial charge in [0.15, 0.2) is 0 Å². The van der Waals surface area contributed by atoms with Crippen molar-refractivity contribution in [2.75, 3.05) is 18.2 Å². The highest BCUT2D eigenvalue weighted by molar-refractivity contribution is 9.10. The highest BCUT2D eigenvalue weighted by Crippen LogP contribution is 2.36. The maximum Gasteiger partial charge on any atom is 0.418 e. The van der Waals surface area contributed by atoms with E-state index < -0.39 is 11.7 Å². The van der Waals surface area contributed by atoms with E-state index >= 15 is 0 Å². The lowest BCUT2D eigenvalue weighted by Crippen LogP contribution is -2.09. The van der Waals surface area contributed by atoms with Crippen molar-refractivity contribution in [2.24, 2.45) is 0 Å². The molecule has 0 saturated carbocycles. The first-order valence-electron chi connectivity index (χ1n) is 5.88. The average Bonchev–Trinajstić information content (AvgIpc) is 2.42. The van der Waals surface area contributed by atoms with Crippen molar-refractivity contribution in [1.82, 2.24) is 0 Å². The molecular weight excluding hydrogens is 349 g/mol. The molecule has 0 aliphatic heterocycles. The van der Waals surface area contributed by atoms with Gasteiger partial charge in [-0.1, -0.05) is 0 Å². The minimum Gasteiger partial charge on any atom is -0.495 e. The number of halogens is 4. The number of nitrogens with two attached hydrogens (primary N) is 1. The molecule has 7 heteroatoms. The molecule has 0 bridgehead atoms. The Labute approximate surface area is 128 Å². The Hall–Kier alpha value is -1.89. The van der Waals surface area contributed by atoms with Gasteiger partial charge >= 0.3 is 6.18 Å². The van der Waals surface area contributed by atoms with E-state index in [-0.39, 0.29) is 5.69 Å². The van der Waals surface area contributed by atoms with Crippen LogP contribution in [0, 0.1) is 0 Å². The molecule has 0 spiro atoms. The summed E-state index contributed by atoms with van der Waals surface area (Å²) in [4.78, 5) is 0. The van der Waals surface area contributed by atoms with Gasteiger partial charge in [-0.15, -0.1) is 0 Å². The lowest BCUT2D eigenvalue weighted by molar-refractivity contribution is -0.136. The minimum atomic E-state index is -4.49. The number of hydrogen-bond acceptors (Lipinski definition) is 3. The van der Waals surface area contributed by atoms with Crippen LogP contribution in [0.2, 0.25) is 0 Å². The topological polar surface area (TPSA) is 47.3 Å². The number of nitrogen functional groups attached to an aromatic ring is 1. The predicted octanol–water partition coefficient (Wildman–Crippen LogP) is 4.80. The van der Waals surface area contributed by atoms with Crippen LogP contribution in [-0.4, -0.2) is 7.11 Å². The first-order valence-corrected chi connectivity index (χ1v) is 6.68. The molecule has 2 aromatic rings. The van der Waals surface area contributed by atoms with Crippen LogP contribution >= 0.6 is 15.9 Å². The van der Waals surface area contributed by atoms with E-state index in [1.807, 2.05) is 0 Å². The van der Waals surface area contributed by atoms with Gasteiger partial charge in [0.25, 0.3) is 0 Å². The zero-order chi connectivity index (χ0) is 15.6. The van der Waals surface area contributed by atoms with Crippen LogP contribution < -0.4 is 15.8 Å². The summed E-state index contributed by atoms with van der Waals surface area (Å²) in [6.45, 7) is 0. The standard InChI is InChI=1S/C14H12BrF3N2O/c1-21-13-7-9(2-4-11(13)15)20-8-3-5-12(19)10(6-8)14(16,17)18/h2-7,20H,19H2,1H3. The summed E-state index contributed by atoms with van der Waals surface area (Å²) in [5, 5.41) is 2.89. The molecule has 3 N–H and O–H groups in total. The summed E-state index contributed by atoms with van der Waals surface area (Å²) in [6, 6.07) is 8.82. The molecule has 0 saturated heterocycles. The third-order valence-corrected chi connectivity index (χ3v) is 3.45. The van der Waals surface area contributed by atoms with Crippen molar-refractivity contribution in [3.05, 3.63) is 46.4 Å². The number of hydrogen-bond donors (Lipinski definition) is 2. The van der Waals surface area contributed by atoms with Crippen LogP contribution in [0.5, 0.6) is 5.75 Å². The Morgan fingerprint density at radius 2 is 1.71 bits per heavy atom. The summed E-state index contributed by atoms with van der Waals surface area (Å²) < 4.78 is 44.3. The molecule has 0 amide bonds. The third-order valence-electron chi connectivity index (χ3n) is 2.80. The Morgan fingerprint density at radius 3 is 2.33 bits per heavy atom. The highest BCUT2D eigenvalue weighted by Gasteiger charge is 2.33. The number of alkyl halides is 3. The normalized spacial score (nSPS) is 11.3. The lowest BCUT2D eigenvalue weighted by Gasteiger charge is -2.14. The van der Waals surface area contributed by atoms with Gasteiger partial charge in [0.1, 0.15) is 5.75 Å². The zero-order valence-corrected chi connectivity index (χ0v) is 12.5. The van der Waals surface area contributed by atoms with Gasteiger partial charge in [-0.25, -0.2) is 0 Å². The fourth-order valence-electron chi connectivity index (χ4n) is 1.78. The Kier molecular flexibility index (Phi) is 4.32. The minimum absolute atomic E-state index is 0.293.